The Morgan fingerprint density at radius 1 is 1.64 bits per heavy atom. The molecule has 1 rings (SSSR count). The van der Waals surface area contributed by atoms with E-state index in [2.05, 4.69) is 4.98 Å². The molecule has 76 valence electrons. The molecule has 0 aliphatic rings. The van der Waals surface area contributed by atoms with Gasteiger partial charge < -0.3 is 5.11 Å². The molecule has 0 bridgehead atoms. The molecule has 0 saturated carbocycles. The van der Waals surface area contributed by atoms with Gasteiger partial charge in [-0.1, -0.05) is 0 Å². The molecule has 7 heteroatoms. The van der Waals surface area contributed by atoms with Crippen LogP contribution in [0.2, 0.25) is 0 Å². The summed E-state index contributed by atoms with van der Waals surface area (Å²) in [4.78, 5) is 14.1. The molecule has 1 aromatic rings. The Labute approximate surface area is 96.2 Å². The second kappa shape index (κ2) is 4.35. The van der Waals surface area contributed by atoms with E-state index in [1.807, 2.05) is 0 Å². The van der Waals surface area contributed by atoms with Crippen LogP contribution in [0, 0.1) is 3.57 Å². The first-order valence-corrected chi connectivity index (χ1v) is 4.76. The number of pyridine rings is 1. The summed E-state index contributed by atoms with van der Waals surface area (Å²) in [7, 11) is 0. The summed E-state index contributed by atoms with van der Waals surface area (Å²) in [5.41, 5.74) is -1.17. The highest BCUT2D eigenvalue weighted by Crippen LogP contribution is 2.34. The Hall–Kier alpha value is -0.500. The third-order valence-corrected chi connectivity index (χ3v) is 2.49. The number of rotatable bonds is 2. The molecule has 0 aliphatic heterocycles. The molecule has 0 aliphatic carbocycles. The summed E-state index contributed by atoms with van der Waals surface area (Å²) in [5.74, 6) is -0.855. The van der Waals surface area contributed by atoms with Crippen molar-refractivity contribution in [2.75, 3.05) is 0 Å². The van der Waals surface area contributed by atoms with Crippen LogP contribution in [0.25, 0.3) is 0 Å². The van der Waals surface area contributed by atoms with Crippen LogP contribution in [0.5, 0.6) is 5.75 Å². The molecule has 0 aromatic carbocycles. The number of nitrogens with zero attached hydrogens (tertiary/aromatic N) is 1. The summed E-state index contributed by atoms with van der Waals surface area (Å²) in [6, 6.07) is 0. The van der Waals surface area contributed by atoms with E-state index < -0.39 is 28.7 Å². The van der Waals surface area contributed by atoms with Crippen molar-refractivity contribution in [1.29, 1.82) is 0 Å². The molecule has 0 spiro atoms. The highest BCUT2D eigenvalue weighted by Gasteiger charge is 2.23. The molecule has 1 aromatic heterocycles. The van der Waals surface area contributed by atoms with Gasteiger partial charge in [0.05, 0.1) is 5.56 Å². The van der Waals surface area contributed by atoms with Gasteiger partial charge in [-0.15, -0.1) is 0 Å². The molecule has 1 heterocycles. The number of alkyl halides is 2. The van der Waals surface area contributed by atoms with Gasteiger partial charge in [-0.2, -0.15) is 0 Å². The summed E-state index contributed by atoms with van der Waals surface area (Å²) in [5, 5.41) is 8.19. The van der Waals surface area contributed by atoms with E-state index in [0.29, 0.717) is 0 Å². The summed E-state index contributed by atoms with van der Waals surface area (Å²) in [6.07, 6.45) is -1.82. The number of aromatic nitrogens is 1. The Balaban J connectivity index is 3.41. The van der Waals surface area contributed by atoms with Crippen LogP contribution in [0.15, 0.2) is 6.20 Å². The third kappa shape index (κ3) is 2.11. The maximum atomic E-state index is 12.4. The van der Waals surface area contributed by atoms with Gasteiger partial charge in [-0.3, -0.25) is 4.79 Å². The molecule has 1 N–H and O–H groups in total. The Kier molecular flexibility index (Phi) is 3.59. The van der Waals surface area contributed by atoms with Crippen molar-refractivity contribution in [3.05, 3.63) is 21.0 Å². The summed E-state index contributed by atoms with van der Waals surface area (Å²) in [6.45, 7) is 0. The van der Waals surface area contributed by atoms with Gasteiger partial charge in [0.25, 0.3) is 11.7 Å². The fourth-order valence-corrected chi connectivity index (χ4v) is 1.61. The predicted molar refractivity (Wildman–Crippen MR) is 53.8 cm³/mol. The fraction of sp³-hybridized carbons (Fsp3) is 0.143. The third-order valence-electron chi connectivity index (χ3n) is 1.45. The maximum absolute atomic E-state index is 12.4. The van der Waals surface area contributed by atoms with Crippen LogP contribution in [-0.2, 0) is 0 Å². The van der Waals surface area contributed by atoms with Gasteiger partial charge in [-0.25, -0.2) is 13.8 Å². The van der Waals surface area contributed by atoms with Crippen LogP contribution in [0.1, 0.15) is 22.5 Å². The topological polar surface area (TPSA) is 50.2 Å². The van der Waals surface area contributed by atoms with Gasteiger partial charge in [0, 0.05) is 9.77 Å². The SMILES string of the molecule is O=C(Cl)c1ncc(I)c(C(F)F)c1O. The van der Waals surface area contributed by atoms with Crippen molar-refractivity contribution in [1.82, 2.24) is 4.98 Å². The van der Waals surface area contributed by atoms with Crippen LogP contribution in [0.3, 0.4) is 0 Å². The Morgan fingerprint density at radius 3 is 2.64 bits per heavy atom. The zero-order valence-corrected chi connectivity index (χ0v) is 9.38. The van der Waals surface area contributed by atoms with E-state index in [1.54, 1.807) is 22.6 Å². The average molecular weight is 333 g/mol. The van der Waals surface area contributed by atoms with E-state index in [0.717, 1.165) is 6.20 Å². The smallest absolute Gasteiger partial charge is 0.274 e. The monoisotopic (exact) mass is 333 g/mol. The standard InChI is InChI=1S/C7H3ClF2INO2/c8-6(14)4-5(13)3(7(9)10)2(11)1-12-4/h1,7,13H. The molecular weight excluding hydrogens is 330 g/mol. The number of halogens is 4. The van der Waals surface area contributed by atoms with E-state index in [9.17, 15) is 18.7 Å². The van der Waals surface area contributed by atoms with E-state index in [-0.39, 0.29) is 3.57 Å². The number of hydrogen-bond acceptors (Lipinski definition) is 3. The minimum Gasteiger partial charge on any atom is -0.505 e. The van der Waals surface area contributed by atoms with Crippen molar-refractivity contribution >= 4 is 39.4 Å². The second-order valence-electron chi connectivity index (χ2n) is 2.29. The largest absolute Gasteiger partial charge is 0.505 e. The molecule has 3 nitrogen and oxygen atoms in total. The first-order chi connectivity index (χ1) is 6.45. The molecule has 14 heavy (non-hydrogen) atoms. The minimum atomic E-state index is -2.88. The molecule has 0 atom stereocenters. The van der Waals surface area contributed by atoms with Gasteiger partial charge in [0.2, 0.25) is 0 Å². The van der Waals surface area contributed by atoms with Crippen molar-refractivity contribution < 1.29 is 18.7 Å². The van der Waals surface area contributed by atoms with E-state index >= 15 is 0 Å². The van der Waals surface area contributed by atoms with Gasteiger partial charge in [0.1, 0.15) is 0 Å². The molecule has 0 saturated heterocycles. The number of aromatic hydroxyl groups is 1. The maximum Gasteiger partial charge on any atom is 0.274 e. The van der Waals surface area contributed by atoms with Crippen LogP contribution in [0.4, 0.5) is 8.78 Å². The number of carbonyl (C=O) groups excluding carboxylic acids is 1. The average Bonchev–Trinajstić information content (AvgIpc) is 2.02. The van der Waals surface area contributed by atoms with Gasteiger partial charge in [0.15, 0.2) is 11.4 Å². The normalized spacial score (nSPS) is 10.6. The fourth-order valence-electron chi connectivity index (χ4n) is 0.844. The quantitative estimate of drug-likeness (QED) is 0.669. The predicted octanol–water partition coefficient (Wildman–Crippen LogP) is 2.71. The van der Waals surface area contributed by atoms with E-state index in [4.69, 9.17) is 11.6 Å². The van der Waals surface area contributed by atoms with Crippen molar-refractivity contribution in [3.63, 3.8) is 0 Å². The molecule has 0 amide bonds. The molecule has 0 radical (unpaired) electrons. The summed E-state index contributed by atoms with van der Waals surface area (Å²) >= 11 is 6.61. The highest BCUT2D eigenvalue weighted by molar-refractivity contribution is 14.1. The highest BCUT2D eigenvalue weighted by atomic mass is 127. The first-order valence-electron chi connectivity index (χ1n) is 3.30. The van der Waals surface area contributed by atoms with Gasteiger partial charge in [-0.05, 0) is 34.2 Å². The van der Waals surface area contributed by atoms with Crippen LogP contribution in [-0.4, -0.2) is 15.3 Å². The van der Waals surface area contributed by atoms with Crippen molar-refractivity contribution in [2.45, 2.75) is 6.43 Å². The molecular formula is C7H3ClF2INO2. The number of hydrogen-bond donors (Lipinski definition) is 1. The number of carbonyl (C=O) groups is 1. The van der Waals surface area contributed by atoms with Crippen LogP contribution >= 0.6 is 34.2 Å². The lowest BCUT2D eigenvalue weighted by molar-refractivity contribution is 0.107. The van der Waals surface area contributed by atoms with Crippen molar-refractivity contribution in [2.24, 2.45) is 0 Å². The second-order valence-corrected chi connectivity index (χ2v) is 3.80. The molecule has 0 unspecified atom stereocenters. The molecule has 0 fully saturated rings. The first kappa shape index (κ1) is 11.6. The summed E-state index contributed by atoms with van der Waals surface area (Å²) < 4.78 is 24.9. The minimum absolute atomic E-state index is 0.0803. The lowest BCUT2D eigenvalue weighted by Crippen LogP contribution is -2.01. The zero-order chi connectivity index (χ0) is 10.9. The Bertz CT molecular complexity index is 386. The van der Waals surface area contributed by atoms with Crippen molar-refractivity contribution in [3.8, 4) is 5.75 Å². The lowest BCUT2D eigenvalue weighted by Gasteiger charge is -2.07. The van der Waals surface area contributed by atoms with Crippen LogP contribution < -0.4 is 0 Å². The Morgan fingerprint density at radius 2 is 2.21 bits per heavy atom. The zero-order valence-electron chi connectivity index (χ0n) is 6.47. The lowest BCUT2D eigenvalue weighted by atomic mass is 10.2. The van der Waals surface area contributed by atoms with Gasteiger partial charge >= 0.3 is 0 Å². The van der Waals surface area contributed by atoms with E-state index in [1.165, 1.54) is 0 Å².